The second kappa shape index (κ2) is 8.46. The van der Waals surface area contributed by atoms with E-state index in [0.29, 0.717) is 22.0 Å². The average molecular weight is 491 g/mol. The SMILES string of the molecule is CC(C)(C)NC(=O)c1c(NC(=O)c2cccc(Br)c2)sc2c1CCC(C(C)(C)C)C2. The Bertz CT molecular complexity index is 967. The minimum atomic E-state index is -0.347. The molecule has 0 fully saturated rings. The van der Waals surface area contributed by atoms with Crippen LogP contribution in [-0.2, 0) is 12.8 Å². The van der Waals surface area contributed by atoms with Gasteiger partial charge in [-0.05, 0) is 75.1 Å². The zero-order valence-electron chi connectivity index (χ0n) is 18.6. The van der Waals surface area contributed by atoms with Crippen LogP contribution in [0.1, 0.15) is 79.1 Å². The number of carbonyl (C=O) groups excluding carboxylic acids is 2. The van der Waals surface area contributed by atoms with E-state index < -0.39 is 0 Å². The van der Waals surface area contributed by atoms with E-state index in [1.807, 2.05) is 32.9 Å². The van der Waals surface area contributed by atoms with Gasteiger partial charge in [0.05, 0.1) is 5.56 Å². The van der Waals surface area contributed by atoms with Crippen molar-refractivity contribution in [2.45, 2.75) is 66.3 Å². The second-order valence-corrected chi connectivity index (χ2v) is 12.2. The summed E-state index contributed by atoms with van der Waals surface area (Å²) in [6.45, 7) is 12.7. The molecule has 30 heavy (non-hydrogen) atoms. The molecule has 6 heteroatoms. The molecule has 0 aliphatic heterocycles. The molecule has 0 bridgehead atoms. The highest BCUT2D eigenvalue weighted by Gasteiger charge is 2.34. The molecule has 0 saturated heterocycles. The van der Waals surface area contributed by atoms with Crippen LogP contribution >= 0.6 is 27.3 Å². The third kappa shape index (κ3) is 5.33. The zero-order chi connectivity index (χ0) is 22.3. The van der Waals surface area contributed by atoms with Crippen LogP contribution in [0.25, 0.3) is 0 Å². The summed E-state index contributed by atoms with van der Waals surface area (Å²) >= 11 is 4.98. The van der Waals surface area contributed by atoms with E-state index >= 15 is 0 Å². The van der Waals surface area contributed by atoms with E-state index in [1.54, 1.807) is 23.5 Å². The number of halogens is 1. The summed E-state index contributed by atoms with van der Waals surface area (Å²) in [7, 11) is 0. The van der Waals surface area contributed by atoms with Crippen molar-refractivity contribution in [2.24, 2.45) is 11.3 Å². The van der Waals surface area contributed by atoms with Crippen molar-refractivity contribution in [1.29, 1.82) is 0 Å². The Morgan fingerprint density at radius 2 is 1.80 bits per heavy atom. The number of amides is 2. The van der Waals surface area contributed by atoms with Gasteiger partial charge in [-0.25, -0.2) is 0 Å². The normalized spacial score (nSPS) is 16.7. The minimum Gasteiger partial charge on any atom is -0.347 e. The van der Waals surface area contributed by atoms with Gasteiger partial charge in [0.25, 0.3) is 11.8 Å². The van der Waals surface area contributed by atoms with Gasteiger partial charge in [0.1, 0.15) is 5.00 Å². The Balaban J connectivity index is 1.98. The molecule has 1 aliphatic rings. The number of nitrogens with one attached hydrogen (secondary N) is 2. The molecular weight excluding hydrogens is 460 g/mol. The smallest absolute Gasteiger partial charge is 0.256 e. The Kier molecular flexibility index (Phi) is 6.49. The highest BCUT2D eigenvalue weighted by Crippen LogP contribution is 2.44. The van der Waals surface area contributed by atoms with Gasteiger partial charge in [-0.15, -0.1) is 11.3 Å². The fourth-order valence-electron chi connectivity index (χ4n) is 3.86. The molecule has 0 radical (unpaired) electrons. The Hall–Kier alpha value is -1.66. The first kappa shape index (κ1) is 23.0. The van der Waals surface area contributed by atoms with Crippen molar-refractivity contribution in [2.75, 3.05) is 5.32 Å². The molecule has 0 spiro atoms. The standard InChI is InChI=1S/C24H31BrN2O2S/c1-23(2,3)15-10-11-17-18(13-15)30-22(19(17)21(29)27-24(4,5)6)26-20(28)14-8-7-9-16(25)12-14/h7-9,12,15H,10-11,13H2,1-6H3,(H,26,28)(H,27,29). The van der Waals surface area contributed by atoms with Crippen LogP contribution in [0.15, 0.2) is 28.7 Å². The summed E-state index contributed by atoms with van der Waals surface area (Å²) in [5.74, 6) is 0.252. The van der Waals surface area contributed by atoms with Crippen LogP contribution in [0.3, 0.4) is 0 Å². The lowest BCUT2D eigenvalue weighted by Crippen LogP contribution is -2.41. The maximum absolute atomic E-state index is 13.2. The summed E-state index contributed by atoms with van der Waals surface area (Å²) in [6, 6.07) is 7.28. The van der Waals surface area contributed by atoms with Gasteiger partial charge >= 0.3 is 0 Å². The molecular formula is C24H31BrN2O2S. The van der Waals surface area contributed by atoms with Crippen LogP contribution < -0.4 is 10.6 Å². The predicted molar refractivity (Wildman–Crippen MR) is 129 cm³/mol. The topological polar surface area (TPSA) is 58.2 Å². The first-order valence-electron chi connectivity index (χ1n) is 10.4. The first-order valence-corrected chi connectivity index (χ1v) is 12.0. The fourth-order valence-corrected chi connectivity index (χ4v) is 5.58. The molecule has 1 atom stereocenters. The van der Waals surface area contributed by atoms with E-state index in [2.05, 4.69) is 47.3 Å². The van der Waals surface area contributed by atoms with Gasteiger partial charge in [-0.2, -0.15) is 0 Å². The van der Waals surface area contributed by atoms with Crippen molar-refractivity contribution in [3.63, 3.8) is 0 Å². The van der Waals surface area contributed by atoms with Gasteiger partial charge in [0, 0.05) is 20.5 Å². The van der Waals surface area contributed by atoms with Gasteiger partial charge in [0.15, 0.2) is 0 Å². The third-order valence-corrected chi connectivity index (χ3v) is 7.18. The molecule has 1 aromatic heterocycles. The highest BCUT2D eigenvalue weighted by atomic mass is 79.9. The lowest BCUT2D eigenvalue weighted by molar-refractivity contribution is 0.0919. The predicted octanol–water partition coefficient (Wildman–Crippen LogP) is 6.44. The average Bonchev–Trinajstić information content (AvgIpc) is 2.96. The lowest BCUT2D eigenvalue weighted by Gasteiger charge is -2.34. The van der Waals surface area contributed by atoms with E-state index in [-0.39, 0.29) is 22.8 Å². The van der Waals surface area contributed by atoms with E-state index in [4.69, 9.17) is 0 Å². The van der Waals surface area contributed by atoms with Crippen LogP contribution in [0.4, 0.5) is 5.00 Å². The molecule has 3 rings (SSSR count). The summed E-state index contributed by atoms with van der Waals surface area (Å²) in [5, 5.41) is 6.77. The second-order valence-electron chi connectivity index (χ2n) is 10.2. The van der Waals surface area contributed by atoms with Gasteiger partial charge in [-0.1, -0.05) is 42.8 Å². The van der Waals surface area contributed by atoms with Crippen molar-refractivity contribution in [3.8, 4) is 0 Å². The molecule has 1 aliphatic carbocycles. The maximum Gasteiger partial charge on any atom is 0.256 e. The van der Waals surface area contributed by atoms with Crippen LogP contribution in [0.5, 0.6) is 0 Å². The Morgan fingerprint density at radius 1 is 1.10 bits per heavy atom. The molecule has 1 unspecified atom stereocenters. The Morgan fingerprint density at radius 3 is 2.40 bits per heavy atom. The first-order chi connectivity index (χ1) is 13.8. The summed E-state index contributed by atoms with van der Waals surface area (Å²) in [4.78, 5) is 27.3. The number of hydrogen-bond acceptors (Lipinski definition) is 3. The Labute approximate surface area is 192 Å². The molecule has 2 aromatic rings. The molecule has 1 aromatic carbocycles. The third-order valence-electron chi connectivity index (χ3n) is 5.52. The molecule has 2 N–H and O–H groups in total. The van der Waals surface area contributed by atoms with Crippen LogP contribution in [0, 0.1) is 11.3 Å². The van der Waals surface area contributed by atoms with Gasteiger partial charge < -0.3 is 10.6 Å². The van der Waals surface area contributed by atoms with Crippen LogP contribution in [0.2, 0.25) is 0 Å². The quantitative estimate of drug-likeness (QED) is 0.519. The minimum absolute atomic E-state index is 0.112. The van der Waals surface area contributed by atoms with Crippen molar-refractivity contribution in [3.05, 3.63) is 50.3 Å². The van der Waals surface area contributed by atoms with E-state index in [9.17, 15) is 9.59 Å². The summed E-state index contributed by atoms with van der Waals surface area (Å²) < 4.78 is 0.847. The number of fused-ring (bicyclic) bond motifs is 1. The number of benzene rings is 1. The number of thiophene rings is 1. The molecule has 4 nitrogen and oxygen atoms in total. The van der Waals surface area contributed by atoms with Gasteiger partial charge in [0.2, 0.25) is 0 Å². The largest absolute Gasteiger partial charge is 0.347 e. The number of hydrogen-bond donors (Lipinski definition) is 2. The molecule has 0 saturated carbocycles. The zero-order valence-corrected chi connectivity index (χ0v) is 21.0. The fraction of sp³-hybridized carbons (Fsp3) is 0.500. The monoisotopic (exact) mass is 490 g/mol. The number of carbonyl (C=O) groups is 2. The van der Waals surface area contributed by atoms with Crippen molar-refractivity contribution in [1.82, 2.24) is 5.32 Å². The van der Waals surface area contributed by atoms with Gasteiger partial charge in [-0.3, -0.25) is 9.59 Å². The number of anilines is 1. The lowest BCUT2D eigenvalue weighted by atomic mass is 9.72. The molecule has 1 heterocycles. The highest BCUT2D eigenvalue weighted by molar-refractivity contribution is 9.10. The summed E-state index contributed by atoms with van der Waals surface area (Å²) in [6.07, 6.45) is 2.88. The molecule has 162 valence electrons. The summed E-state index contributed by atoms with van der Waals surface area (Å²) in [5.41, 5.74) is 2.17. The molecule has 2 amide bonds. The van der Waals surface area contributed by atoms with Crippen molar-refractivity contribution < 1.29 is 9.59 Å². The van der Waals surface area contributed by atoms with E-state index in [1.165, 1.54) is 4.88 Å². The maximum atomic E-state index is 13.2. The number of rotatable bonds is 3. The van der Waals surface area contributed by atoms with Crippen molar-refractivity contribution >= 4 is 44.1 Å². The van der Waals surface area contributed by atoms with E-state index in [0.717, 1.165) is 29.3 Å². The van der Waals surface area contributed by atoms with Crippen LogP contribution in [-0.4, -0.2) is 17.4 Å².